The van der Waals surface area contributed by atoms with Crippen molar-refractivity contribution in [2.75, 3.05) is 5.32 Å². The summed E-state index contributed by atoms with van der Waals surface area (Å²) in [6, 6.07) is 3.67. The van der Waals surface area contributed by atoms with Gasteiger partial charge >= 0.3 is 6.18 Å². The van der Waals surface area contributed by atoms with Gasteiger partial charge in [0.05, 0.1) is 18.1 Å². The van der Waals surface area contributed by atoms with Crippen LogP contribution in [0.4, 0.5) is 18.9 Å². The monoisotopic (exact) mass is 337 g/mol. The van der Waals surface area contributed by atoms with Gasteiger partial charge in [0.1, 0.15) is 5.56 Å². The Labute approximate surface area is 132 Å². The second-order valence-electron chi connectivity index (χ2n) is 4.96. The second-order valence-corrected chi connectivity index (χ2v) is 4.96. The Morgan fingerprint density at radius 1 is 1.33 bits per heavy atom. The summed E-state index contributed by atoms with van der Waals surface area (Å²) in [5.41, 5.74) is -1.60. The first-order chi connectivity index (χ1) is 11.3. The van der Waals surface area contributed by atoms with Crippen LogP contribution in [0.25, 0.3) is 5.65 Å². The second kappa shape index (κ2) is 5.48. The maximum atomic E-state index is 12.6. The van der Waals surface area contributed by atoms with Gasteiger partial charge in [0.25, 0.3) is 11.5 Å². The molecule has 124 valence electrons. The maximum absolute atomic E-state index is 12.6. The molecule has 0 unspecified atom stereocenters. The van der Waals surface area contributed by atoms with E-state index in [2.05, 4.69) is 15.4 Å². The van der Waals surface area contributed by atoms with Crippen LogP contribution in [0.3, 0.4) is 0 Å². The number of hydrogen-bond donors (Lipinski definition) is 1. The van der Waals surface area contributed by atoms with Gasteiger partial charge in [-0.2, -0.15) is 18.3 Å². The number of alkyl halides is 3. The molecule has 0 aliphatic carbocycles. The SMILES string of the molecule is Cn1cccc(C(=O)Nc2cnc3cc(C(F)(F)F)nn3c2)c1=O. The van der Waals surface area contributed by atoms with Gasteiger partial charge in [0, 0.05) is 19.3 Å². The Morgan fingerprint density at radius 3 is 2.79 bits per heavy atom. The summed E-state index contributed by atoms with van der Waals surface area (Å²) in [6.45, 7) is 0. The zero-order valence-electron chi connectivity index (χ0n) is 12.2. The van der Waals surface area contributed by atoms with Crippen molar-refractivity contribution in [3.8, 4) is 0 Å². The Bertz CT molecular complexity index is 990. The molecule has 0 saturated carbocycles. The summed E-state index contributed by atoms with van der Waals surface area (Å²) in [6.07, 6.45) is -0.728. The lowest BCUT2D eigenvalue weighted by Gasteiger charge is -2.05. The van der Waals surface area contributed by atoms with Crippen molar-refractivity contribution in [2.24, 2.45) is 7.05 Å². The first-order valence-corrected chi connectivity index (χ1v) is 6.65. The van der Waals surface area contributed by atoms with E-state index in [1.54, 1.807) is 0 Å². The summed E-state index contributed by atoms with van der Waals surface area (Å²) in [4.78, 5) is 27.8. The van der Waals surface area contributed by atoms with E-state index in [1.165, 1.54) is 42.3 Å². The number of carbonyl (C=O) groups excluding carboxylic acids is 1. The number of amides is 1. The van der Waals surface area contributed by atoms with E-state index in [-0.39, 0.29) is 16.9 Å². The van der Waals surface area contributed by atoms with E-state index in [1.807, 2.05) is 0 Å². The average molecular weight is 337 g/mol. The van der Waals surface area contributed by atoms with Gasteiger partial charge in [-0.1, -0.05) is 0 Å². The van der Waals surface area contributed by atoms with E-state index in [4.69, 9.17) is 0 Å². The van der Waals surface area contributed by atoms with E-state index in [9.17, 15) is 22.8 Å². The topological polar surface area (TPSA) is 81.3 Å². The van der Waals surface area contributed by atoms with Crippen LogP contribution in [0, 0.1) is 0 Å². The van der Waals surface area contributed by atoms with Crippen molar-refractivity contribution >= 4 is 17.2 Å². The van der Waals surface area contributed by atoms with Crippen molar-refractivity contribution in [3.63, 3.8) is 0 Å². The number of nitrogens with one attached hydrogen (secondary N) is 1. The Balaban J connectivity index is 1.91. The predicted molar refractivity (Wildman–Crippen MR) is 77.6 cm³/mol. The molecule has 3 heterocycles. The number of halogens is 3. The van der Waals surface area contributed by atoms with Gasteiger partial charge in [0.2, 0.25) is 0 Å². The van der Waals surface area contributed by atoms with Crippen LogP contribution < -0.4 is 10.9 Å². The highest BCUT2D eigenvalue weighted by Crippen LogP contribution is 2.28. The van der Waals surface area contributed by atoms with Gasteiger partial charge < -0.3 is 9.88 Å². The lowest BCUT2D eigenvalue weighted by Crippen LogP contribution is -2.27. The molecule has 0 aliphatic heterocycles. The molecule has 3 rings (SSSR count). The Hall–Kier alpha value is -3.17. The largest absolute Gasteiger partial charge is 0.435 e. The smallest absolute Gasteiger partial charge is 0.319 e. The molecule has 0 spiro atoms. The zero-order chi connectivity index (χ0) is 17.5. The van der Waals surface area contributed by atoms with E-state index in [0.717, 1.165) is 10.6 Å². The summed E-state index contributed by atoms with van der Waals surface area (Å²) in [5, 5.41) is 5.78. The predicted octanol–water partition coefficient (Wildman–Crippen LogP) is 1.70. The number of aryl methyl sites for hydroxylation is 1. The van der Waals surface area contributed by atoms with Gasteiger partial charge in [0.15, 0.2) is 11.3 Å². The normalized spacial score (nSPS) is 11.7. The van der Waals surface area contributed by atoms with Crippen molar-refractivity contribution < 1.29 is 18.0 Å². The van der Waals surface area contributed by atoms with E-state index in [0.29, 0.717) is 0 Å². The molecule has 0 bridgehead atoms. The number of anilines is 1. The highest BCUT2D eigenvalue weighted by Gasteiger charge is 2.34. The van der Waals surface area contributed by atoms with Crippen LogP contribution in [0.1, 0.15) is 16.1 Å². The molecule has 3 aromatic rings. The number of aromatic nitrogens is 4. The molecule has 10 heteroatoms. The molecule has 0 saturated heterocycles. The quantitative estimate of drug-likeness (QED) is 0.772. The van der Waals surface area contributed by atoms with Crippen molar-refractivity contribution in [2.45, 2.75) is 6.18 Å². The molecular formula is C14H10F3N5O2. The van der Waals surface area contributed by atoms with Crippen molar-refractivity contribution in [1.82, 2.24) is 19.2 Å². The third kappa shape index (κ3) is 2.85. The summed E-state index contributed by atoms with van der Waals surface area (Å²) in [7, 11) is 1.50. The van der Waals surface area contributed by atoms with Crippen LogP contribution >= 0.6 is 0 Å². The molecule has 0 fully saturated rings. The minimum atomic E-state index is -4.59. The fourth-order valence-corrected chi connectivity index (χ4v) is 2.05. The molecule has 1 N–H and O–H groups in total. The molecule has 0 aliphatic rings. The number of hydrogen-bond acceptors (Lipinski definition) is 4. The van der Waals surface area contributed by atoms with Crippen LogP contribution in [-0.2, 0) is 13.2 Å². The van der Waals surface area contributed by atoms with Crippen LogP contribution in [0.5, 0.6) is 0 Å². The molecule has 1 amide bonds. The lowest BCUT2D eigenvalue weighted by molar-refractivity contribution is -0.141. The molecule has 0 radical (unpaired) electrons. The standard InChI is InChI=1S/C14H10F3N5O2/c1-21-4-2-3-9(13(21)24)12(23)19-8-6-18-11-5-10(14(15,16)17)20-22(11)7-8/h2-7H,1H3,(H,19,23). The van der Waals surface area contributed by atoms with Crippen LogP contribution in [0.15, 0.2) is 41.6 Å². The number of rotatable bonds is 2. The molecule has 3 aromatic heterocycles. The summed E-state index contributed by atoms with van der Waals surface area (Å²) in [5.74, 6) is -0.694. The Morgan fingerprint density at radius 2 is 2.08 bits per heavy atom. The highest BCUT2D eigenvalue weighted by molar-refractivity contribution is 6.03. The first-order valence-electron chi connectivity index (χ1n) is 6.65. The highest BCUT2D eigenvalue weighted by atomic mass is 19.4. The maximum Gasteiger partial charge on any atom is 0.435 e. The minimum Gasteiger partial charge on any atom is -0.319 e. The number of fused-ring (bicyclic) bond motifs is 1. The lowest BCUT2D eigenvalue weighted by atomic mass is 10.2. The van der Waals surface area contributed by atoms with Crippen LogP contribution in [-0.4, -0.2) is 25.1 Å². The van der Waals surface area contributed by atoms with Crippen molar-refractivity contribution in [1.29, 1.82) is 0 Å². The molecular weight excluding hydrogens is 327 g/mol. The zero-order valence-corrected chi connectivity index (χ0v) is 12.2. The van der Waals surface area contributed by atoms with Gasteiger partial charge in [-0.25, -0.2) is 9.50 Å². The third-order valence-electron chi connectivity index (χ3n) is 3.23. The average Bonchev–Trinajstić information content (AvgIpc) is 2.93. The Kier molecular flexibility index (Phi) is 3.59. The number of nitrogens with zero attached hydrogens (tertiary/aromatic N) is 4. The number of pyridine rings is 1. The molecule has 7 nitrogen and oxygen atoms in total. The fourth-order valence-electron chi connectivity index (χ4n) is 2.05. The van der Waals surface area contributed by atoms with E-state index < -0.39 is 23.3 Å². The van der Waals surface area contributed by atoms with Gasteiger partial charge in [-0.3, -0.25) is 9.59 Å². The first kappa shape index (κ1) is 15.7. The molecule has 0 atom stereocenters. The van der Waals surface area contributed by atoms with Crippen molar-refractivity contribution in [3.05, 3.63) is 58.4 Å². The van der Waals surface area contributed by atoms with Gasteiger partial charge in [-0.15, -0.1) is 0 Å². The van der Waals surface area contributed by atoms with Crippen LogP contribution in [0.2, 0.25) is 0 Å². The minimum absolute atomic E-state index is 0.0176. The fraction of sp³-hybridized carbons (Fsp3) is 0.143. The van der Waals surface area contributed by atoms with E-state index >= 15 is 0 Å². The van der Waals surface area contributed by atoms with Gasteiger partial charge in [-0.05, 0) is 12.1 Å². The third-order valence-corrected chi connectivity index (χ3v) is 3.23. The molecule has 0 aromatic carbocycles. The summed E-state index contributed by atoms with van der Waals surface area (Å²) >= 11 is 0. The summed E-state index contributed by atoms with van der Waals surface area (Å²) < 4.78 is 40.0. The molecule has 24 heavy (non-hydrogen) atoms. The number of carbonyl (C=O) groups is 1.